The summed E-state index contributed by atoms with van der Waals surface area (Å²) in [5.41, 5.74) is 3.04. The van der Waals surface area contributed by atoms with Crippen LogP contribution in [0.2, 0.25) is 0 Å². The molecule has 0 bridgehead atoms. The molecule has 0 spiro atoms. The standard InChI is InChI=1S/C29H42O2/c1-6-23(2)25-15-17-26(18-16-25)31-27(30-22-24-13-9-7-10-14-24)21-29(28(3,4)5)19-11-8-12-20-29/h7,9-10,13-18,23,27H,6,8,11-12,19-22H2,1-5H3. The van der Waals surface area contributed by atoms with Crippen molar-refractivity contribution in [2.45, 2.75) is 98.4 Å². The number of rotatable bonds is 9. The van der Waals surface area contributed by atoms with Gasteiger partial charge in [0.15, 0.2) is 0 Å². The van der Waals surface area contributed by atoms with E-state index in [0.29, 0.717) is 12.5 Å². The van der Waals surface area contributed by atoms with Crippen LogP contribution >= 0.6 is 0 Å². The Morgan fingerprint density at radius 2 is 1.55 bits per heavy atom. The second-order valence-electron chi connectivity index (χ2n) is 10.5. The summed E-state index contributed by atoms with van der Waals surface area (Å²) in [7, 11) is 0. The molecule has 1 aliphatic rings. The first-order valence-corrected chi connectivity index (χ1v) is 12.3. The fourth-order valence-corrected chi connectivity index (χ4v) is 4.97. The van der Waals surface area contributed by atoms with E-state index in [9.17, 15) is 0 Å². The summed E-state index contributed by atoms with van der Waals surface area (Å²) in [5, 5.41) is 0. The molecule has 1 saturated carbocycles. The van der Waals surface area contributed by atoms with Crippen LogP contribution in [0.15, 0.2) is 54.6 Å². The molecule has 0 radical (unpaired) electrons. The lowest BCUT2D eigenvalue weighted by atomic mass is 9.57. The van der Waals surface area contributed by atoms with Gasteiger partial charge in [0.25, 0.3) is 0 Å². The summed E-state index contributed by atoms with van der Waals surface area (Å²) >= 11 is 0. The van der Waals surface area contributed by atoms with Crippen LogP contribution in [-0.4, -0.2) is 6.29 Å². The molecule has 0 aromatic heterocycles. The summed E-state index contributed by atoms with van der Waals surface area (Å²) in [6.45, 7) is 12.3. The highest BCUT2D eigenvalue weighted by Crippen LogP contribution is 2.53. The lowest BCUT2D eigenvalue weighted by Crippen LogP contribution is -2.42. The first kappa shape index (κ1) is 23.9. The molecule has 3 rings (SSSR count). The van der Waals surface area contributed by atoms with Gasteiger partial charge in [-0.1, -0.05) is 96.3 Å². The quantitative estimate of drug-likeness (QED) is 0.377. The van der Waals surface area contributed by atoms with Crippen molar-refractivity contribution in [3.05, 3.63) is 65.7 Å². The normalized spacial score (nSPS) is 18.4. The van der Waals surface area contributed by atoms with Gasteiger partial charge in [-0.3, -0.25) is 0 Å². The lowest BCUT2D eigenvalue weighted by molar-refractivity contribution is -0.136. The molecule has 2 aromatic rings. The summed E-state index contributed by atoms with van der Waals surface area (Å²) < 4.78 is 12.9. The minimum Gasteiger partial charge on any atom is -0.465 e. The van der Waals surface area contributed by atoms with Crippen molar-refractivity contribution in [2.24, 2.45) is 10.8 Å². The Labute approximate surface area is 190 Å². The van der Waals surface area contributed by atoms with Crippen LogP contribution in [0.5, 0.6) is 5.75 Å². The predicted octanol–water partition coefficient (Wildman–Crippen LogP) is 8.51. The minimum absolute atomic E-state index is 0.228. The fourth-order valence-electron chi connectivity index (χ4n) is 4.97. The van der Waals surface area contributed by atoms with E-state index in [1.165, 1.54) is 43.2 Å². The van der Waals surface area contributed by atoms with E-state index in [1.54, 1.807) is 0 Å². The molecule has 2 atom stereocenters. The second-order valence-corrected chi connectivity index (χ2v) is 10.5. The maximum atomic E-state index is 6.51. The van der Waals surface area contributed by atoms with E-state index in [0.717, 1.165) is 18.6 Å². The Kier molecular flexibility index (Phi) is 8.22. The van der Waals surface area contributed by atoms with E-state index < -0.39 is 0 Å². The second kappa shape index (κ2) is 10.7. The van der Waals surface area contributed by atoms with Crippen LogP contribution in [0.3, 0.4) is 0 Å². The third-order valence-electron chi connectivity index (χ3n) is 7.57. The highest BCUT2D eigenvalue weighted by molar-refractivity contribution is 5.29. The first-order valence-electron chi connectivity index (χ1n) is 12.3. The molecule has 2 unspecified atom stereocenters. The third kappa shape index (κ3) is 6.35. The van der Waals surface area contributed by atoms with E-state index >= 15 is 0 Å². The molecule has 2 nitrogen and oxygen atoms in total. The van der Waals surface area contributed by atoms with Crippen LogP contribution in [0, 0.1) is 10.8 Å². The zero-order chi connectivity index (χ0) is 22.3. The Bertz CT molecular complexity index is 767. The molecule has 31 heavy (non-hydrogen) atoms. The zero-order valence-electron chi connectivity index (χ0n) is 20.3. The van der Waals surface area contributed by atoms with Crippen molar-refractivity contribution in [3.8, 4) is 5.75 Å². The van der Waals surface area contributed by atoms with Crippen molar-refractivity contribution in [3.63, 3.8) is 0 Å². The molecule has 0 amide bonds. The Morgan fingerprint density at radius 1 is 0.903 bits per heavy atom. The van der Waals surface area contributed by atoms with Crippen molar-refractivity contribution < 1.29 is 9.47 Å². The van der Waals surface area contributed by atoms with E-state index in [-0.39, 0.29) is 17.1 Å². The molecule has 0 saturated heterocycles. The van der Waals surface area contributed by atoms with Crippen molar-refractivity contribution in [1.82, 2.24) is 0 Å². The predicted molar refractivity (Wildman–Crippen MR) is 130 cm³/mol. The van der Waals surface area contributed by atoms with Gasteiger partial charge in [-0.2, -0.15) is 0 Å². The van der Waals surface area contributed by atoms with Crippen LogP contribution in [-0.2, 0) is 11.3 Å². The highest BCUT2D eigenvalue weighted by atomic mass is 16.7. The fraction of sp³-hybridized carbons (Fsp3) is 0.586. The molecule has 170 valence electrons. The van der Waals surface area contributed by atoms with Crippen LogP contribution in [0.25, 0.3) is 0 Å². The minimum atomic E-state index is -0.244. The first-order chi connectivity index (χ1) is 14.8. The van der Waals surface area contributed by atoms with Crippen molar-refractivity contribution in [2.75, 3.05) is 0 Å². The lowest BCUT2D eigenvalue weighted by Gasteiger charge is -2.49. The number of hydrogen-bond donors (Lipinski definition) is 0. The van der Waals surface area contributed by atoms with Crippen LogP contribution < -0.4 is 4.74 Å². The summed E-state index contributed by atoms with van der Waals surface area (Å²) in [6.07, 6.45) is 8.35. The van der Waals surface area contributed by atoms with Gasteiger partial charge >= 0.3 is 0 Å². The molecule has 2 aromatic carbocycles. The number of hydrogen-bond acceptors (Lipinski definition) is 2. The summed E-state index contributed by atoms with van der Waals surface area (Å²) in [5.74, 6) is 1.48. The molecule has 1 aliphatic carbocycles. The third-order valence-corrected chi connectivity index (χ3v) is 7.57. The van der Waals surface area contributed by atoms with Crippen molar-refractivity contribution in [1.29, 1.82) is 0 Å². The molecule has 1 fully saturated rings. The molecule has 0 N–H and O–H groups in total. The average Bonchev–Trinajstić information content (AvgIpc) is 2.78. The molecule has 2 heteroatoms. The van der Waals surface area contributed by atoms with Gasteiger partial charge in [0.05, 0.1) is 6.61 Å². The van der Waals surface area contributed by atoms with Gasteiger partial charge in [0, 0.05) is 6.42 Å². The van der Waals surface area contributed by atoms with Gasteiger partial charge in [-0.25, -0.2) is 0 Å². The zero-order valence-corrected chi connectivity index (χ0v) is 20.3. The van der Waals surface area contributed by atoms with Gasteiger partial charge in [-0.05, 0) is 59.3 Å². The van der Waals surface area contributed by atoms with Gasteiger partial charge in [0.1, 0.15) is 5.75 Å². The van der Waals surface area contributed by atoms with E-state index in [4.69, 9.17) is 9.47 Å². The Balaban J connectivity index is 1.78. The maximum absolute atomic E-state index is 6.51. The van der Waals surface area contributed by atoms with Gasteiger partial charge < -0.3 is 9.47 Å². The summed E-state index contributed by atoms with van der Waals surface area (Å²) in [4.78, 5) is 0. The highest BCUT2D eigenvalue weighted by Gasteiger charge is 2.44. The van der Waals surface area contributed by atoms with E-state index in [2.05, 4.69) is 83.1 Å². The Hall–Kier alpha value is -1.80. The Morgan fingerprint density at radius 3 is 2.13 bits per heavy atom. The van der Waals surface area contributed by atoms with Crippen LogP contribution in [0.1, 0.15) is 96.6 Å². The summed E-state index contributed by atoms with van der Waals surface area (Å²) in [6, 6.07) is 19.1. The number of benzene rings is 2. The average molecular weight is 423 g/mol. The molecular weight excluding hydrogens is 380 g/mol. The smallest absolute Gasteiger partial charge is 0.200 e. The van der Waals surface area contributed by atoms with Gasteiger partial charge in [0.2, 0.25) is 6.29 Å². The monoisotopic (exact) mass is 422 g/mol. The van der Waals surface area contributed by atoms with Gasteiger partial charge in [-0.15, -0.1) is 0 Å². The maximum Gasteiger partial charge on any atom is 0.200 e. The van der Waals surface area contributed by atoms with E-state index in [1.807, 2.05) is 6.07 Å². The molecule has 0 aliphatic heterocycles. The largest absolute Gasteiger partial charge is 0.465 e. The SMILES string of the molecule is CCC(C)c1ccc(OC(CC2(C(C)(C)C)CCCCC2)OCc2ccccc2)cc1. The molecular formula is C29H42O2. The molecule has 0 heterocycles. The van der Waals surface area contributed by atoms with Crippen LogP contribution in [0.4, 0.5) is 0 Å². The topological polar surface area (TPSA) is 18.5 Å². The van der Waals surface area contributed by atoms with Crippen molar-refractivity contribution >= 4 is 0 Å². The number of ether oxygens (including phenoxy) is 2.